The molecule has 126 valence electrons. The van der Waals surface area contributed by atoms with Crippen molar-refractivity contribution in [3.05, 3.63) is 48.0 Å². The van der Waals surface area contributed by atoms with Crippen LogP contribution in [-0.2, 0) is 16.4 Å². The summed E-state index contributed by atoms with van der Waals surface area (Å²) in [5, 5.41) is 0.343. The highest BCUT2D eigenvalue weighted by atomic mass is 32.2. The fourth-order valence-corrected chi connectivity index (χ4v) is 4.50. The molecular formula is C17H18N2O3S2. The Kier molecular flexibility index (Phi) is 4.73. The van der Waals surface area contributed by atoms with Crippen molar-refractivity contribution in [2.24, 2.45) is 0 Å². The lowest BCUT2D eigenvalue weighted by atomic mass is 10.1. The Bertz CT molecular complexity index is 948. The van der Waals surface area contributed by atoms with Gasteiger partial charge in [0.05, 0.1) is 22.2 Å². The third-order valence-electron chi connectivity index (χ3n) is 3.59. The molecule has 3 aromatic rings. The summed E-state index contributed by atoms with van der Waals surface area (Å²) in [7, 11) is -2.05. The Hall–Kier alpha value is -2.12. The van der Waals surface area contributed by atoms with Crippen molar-refractivity contribution in [2.75, 3.05) is 11.8 Å². The molecule has 1 N–H and O–H groups in total. The van der Waals surface area contributed by atoms with E-state index < -0.39 is 10.0 Å². The first kappa shape index (κ1) is 16.7. The van der Waals surface area contributed by atoms with Crippen molar-refractivity contribution < 1.29 is 13.2 Å². The van der Waals surface area contributed by atoms with Crippen molar-refractivity contribution in [2.45, 2.75) is 24.7 Å². The Morgan fingerprint density at radius 1 is 1.17 bits per heavy atom. The van der Waals surface area contributed by atoms with Crippen LogP contribution in [0.1, 0.15) is 18.9 Å². The second-order valence-corrected chi connectivity index (χ2v) is 8.07. The van der Waals surface area contributed by atoms with Crippen LogP contribution >= 0.6 is 11.3 Å². The first-order valence-corrected chi connectivity index (χ1v) is 9.88. The van der Waals surface area contributed by atoms with E-state index in [1.165, 1.54) is 11.3 Å². The van der Waals surface area contributed by atoms with Crippen LogP contribution in [0.2, 0.25) is 0 Å². The third kappa shape index (κ3) is 3.52. The molecule has 3 rings (SSSR count). The van der Waals surface area contributed by atoms with Gasteiger partial charge in [0.25, 0.3) is 10.0 Å². The van der Waals surface area contributed by atoms with Gasteiger partial charge in [0.2, 0.25) is 0 Å². The number of thiazole rings is 1. The van der Waals surface area contributed by atoms with E-state index in [0.717, 1.165) is 28.6 Å². The minimum atomic E-state index is -3.64. The highest BCUT2D eigenvalue weighted by molar-refractivity contribution is 7.93. The number of benzene rings is 2. The van der Waals surface area contributed by atoms with Crippen LogP contribution in [0, 0.1) is 0 Å². The minimum Gasteiger partial charge on any atom is -0.497 e. The molecule has 24 heavy (non-hydrogen) atoms. The number of hydrogen-bond acceptors (Lipinski definition) is 5. The second-order valence-electron chi connectivity index (χ2n) is 5.35. The normalized spacial score (nSPS) is 11.6. The summed E-state index contributed by atoms with van der Waals surface area (Å²) in [6, 6.07) is 12.4. The van der Waals surface area contributed by atoms with E-state index in [-0.39, 0.29) is 4.90 Å². The van der Waals surface area contributed by atoms with Gasteiger partial charge in [0.15, 0.2) is 5.13 Å². The molecule has 0 aliphatic rings. The maximum absolute atomic E-state index is 12.5. The monoisotopic (exact) mass is 362 g/mol. The number of ether oxygens (including phenoxy) is 1. The molecule has 0 bridgehead atoms. The largest absolute Gasteiger partial charge is 0.497 e. The highest BCUT2D eigenvalue weighted by Gasteiger charge is 2.16. The van der Waals surface area contributed by atoms with Gasteiger partial charge in [-0.05, 0) is 42.3 Å². The summed E-state index contributed by atoms with van der Waals surface area (Å²) in [5.41, 5.74) is 1.86. The standard InChI is InChI=1S/C17H18N2O3S2/c1-3-4-12-5-8-14(9-6-12)24(20,21)19-17-18-15-10-7-13(22-2)11-16(15)23-17/h5-11H,3-4H2,1-2H3,(H,18,19). The fraction of sp³-hybridized carbons (Fsp3) is 0.235. The first-order chi connectivity index (χ1) is 11.5. The summed E-state index contributed by atoms with van der Waals surface area (Å²) in [5.74, 6) is 0.715. The van der Waals surface area contributed by atoms with E-state index in [0.29, 0.717) is 10.9 Å². The zero-order valence-corrected chi connectivity index (χ0v) is 15.1. The maximum Gasteiger partial charge on any atom is 0.263 e. The third-order valence-corrected chi connectivity index (χ3v) is 6.01. The molecule has 1 aromatic heterocycles. The Balaban J connectivity index is 1.85. The van der Waals surface area contributed by atoms with Crippen LogP contribution < -0.4 is 9.46 Å². The molecule has 1 heterocycles. The molecule has 0 radical (unpaired) electrons. The van der Waals surface area contributed by atoms with Crippen LogP contribution in [0.4, 0.5) is 5.13 Å². The van der Waals surface area contributed by atoms with Crippen molar-refractivity contribution in [3.8, 4) is 5.75 Å². The summed E-state index contributed by atoms with van der Waals surface area (Å²) in [4.78, 5) is 4.55. The van der Waals surface area contributed by atoms with E-state index in [1.807, 2.05) is 24.3 Å². The molecule has 0 atom stereocenters. The number of hydrogen-bond donors (Lipinski definition) is 1. The molecular weight excluding hydrogens is 344 g/mol. The Morgan fingerprint density at radius 2 is 1.92 bits per heavy atom. The van der Waals surface area contributed by atoms with E-state index in [4.69, 9.17) is 4.74 Å². The average molecular weight is 362 g/mol. The smallest absolute Gasteiger partial charge is 0.263 e. The summed E-state index contributed by atoms with van der Waals surface area (Å²) in [6.45, 7) is 2.09. The molecule has 0 amide bonds. The van der Waals surface area contributed by atoms with E-state index >= 15 is 0 Å². The van der Waals surface area contributed by atoms with Gasteiger partial charge in [-0.1, -0.05) is 36.8 Å². The van der Waals surface area contributed by atoms with Crippen molar-refractivity contribution >= 4 is 36.7 Å². The van der Waals surface area contributed by atoms with Crippen LogP contribution in [0.5, 0.6) is 5.75 Å². The summed E-state index contributed by atoms with van der Waals surface area (Å²) >= 11 is 1.28. The number of anilines is 1. The second kappa shape index (κ2) is 6.78. The molecule has 0 saturated heterocycles. The Morgan fingerprint density at radius 3 is 2.58 bits per heavy atom. The van der Waals surface area contributed by atoms with Crippen LogP contribution in [0.3, 0.4) is 0 Å². The number of nitrogens with one attached hydrogen (secondary N) is 1. The molecule has 0 saturated carbocycles. The maximum atomic E-state index is 12.5. The predicted octanol–water partition coefficient (Wildman–Crippen LogP) is 4.06. The van der Waals surface area contributed by atoms with Crippen molar-refractivity contribution in [1.29, 1.82) is 0 Å². The van der Waals surface area contributed by atoms with Crippen LogP contribution in [0.15, 0.2) is 47.4 Å². The number of aromatic nitrogens is 1. The number of aryl methyl sites for hydroxylation is 1. The van der Waals surface area contributed by atoms with Gasteiger partial charge in [0.1, 0.15) is 5.75 Å². The minimum absolute atomic E-state index is 0.235. The molecule has 5 nitrogen and oxygen atoms in total. The van der Waals surface area contributed by atoms with Crippen LogP contribution in [0.25, 0.3) is 10.2 Å². The van der Waals surface area contributed by atoms with Crippen LogP contribution in [-0.4, -0.2) is 20.5 Å². The van der Waals surface area contributed by atoms with Gasteiger partial charge in [-0.2, -0.15) is 0 Å². The van der Waals surface area contributed by atoms with Crippen molar-refractivity contribution in [3.63, 3.8) is 0 Å². The predicted molar refractivity (Wildman–Crippen MR) is 97.4 cm³/mol. The number of rotatable bonds is 6. The molecule has 2 aromatic carbocycles. The first-order valence-electron chi connectivity index (χ1n) is 7.58. The van der Waals surface area contributed by atoms with Gasteiger partial charge in [-0.25, -0.2) is 13.4 Å². The van der Waals surface area contributed by atoms with Gasteiger partial charge in [-0.3, -0.25) is 4.72 Å². The number of nitrogens with zero attached hydrogens (tertiary/aromatic N) is 1. The quantitative estimate of drug-likeness (QED) is 0.718. The highest BCUT2D eigenvalue weighted by Crippen LogP contribution is 2.30. The van der Waals surface area contributed by atoms with E-state index in [2.05, 4.69) is 16.6 Å². The van der Waals surface area contributed by atoms with Gasteiger partial charge >= 0.3 is 0 Å². The molecule has 7 heteroatoms. The van der Waals surface area contributed by atoms with Crippen molar-refractivity contribution in [1.82, 2.24) is 4.98 Å². The summed E-state index contributed by atoms with van der Waals surface area (Å²) in [6.07, 6.45) is 1.97. The molecule has 0 fully saturated rings. The number of fused-ring (bicyclic) bond motifs is 1. The van der Waals surface area contributed by atoms with Gasteiger partial charge < -0.3 is 4.74 Å². The van der Waals surface area contributed by atoms with E-state index in [9.17, 15) is 8.42 Å². The zero-order chi connectivity index (χ0) is 17.2. The number of sulfonamides is 1. The SMILES string of the molecule is CCCc1ccc(S(=O)(=O)Nc2nc3ccc(OC)cc3s2)cc1. The van der Waals surface area contributed by atoms with Gasteiger partial charge in [0, 0.05) is 0 Å². The lowest BCUT2D eigenvalue weighted by Crippen LogP contribution is -2.12. The lowest BCUT2D eigenvalue weighted by Gasteiger charge is -2.06. The molecule has 0 aliphatic heterocycles. The molecule has 0 spiro atoms. The average Bonchev–Trinajstić information content (AvgIpc) is 2.96. The number of methoxy groups -OCH3 is 1. The summed E-state index contributed by atoms with van der Waals surface area (Å²) < 4.78 is 33.6. The molecule has 0 unspecified atom stereocenters. The van der Waals surface area contributed by atoms with E-state index in [1.54, 1.807) is 25.3 Å². The topological polar surface area (TPSA) is 68.3 Å². The molecule has 0 aliphatic carbocycles. The van der Waals surface area contributed by atoms with Gasteiger partial charge in [-0.15, -0.1) is 0 Å². The fourth-order valence-electron chi connectivity index (χ4n) is 2.37. The lowest BCUT2D eigenvalue weighted by molar-refractivity contribution is 0.415. The Labute approximate surface area is 145 Å². The zero-order valence-electron chi connectivity index (χ0n) is 13.4.